The van der Waals surface area contributed by atoms with E-state index >= 15 is 0 Å². The molecular weight excluding hydrogens is 266 g/mol. The summed E-state index contributed by atoms with van der Waals surface area (Å²) in [4.78, 5) is 11.0. The van der Waals surface area contributed by atoms with Gasteiger partial charge in [-0.3, -0.25) is 4.79 Å². The van der Waals surface area contributed by atoms with Gasteiger partial charge in [-0.25, -0.2) is 8.78 Å². The molecule has 0 amide bonds. The summed E-state index contributed by atoms with van der Waals surface area (Å²) in [5, 5.41) is 0. The molecule has 0 N–H and O–H groups in total. The van der Waals surface area contributed by atoms with Gasteiger partial charge in [0.2, 0.25) is 0 Å². The molecule has 0 atom stereocenters. The Hall–Kier alpha value is -0.790. The van der Waals surface area contributed by atoms with E-state index in [9.17, 15) is 31.1 Å². The third-order valence-electron chi connectivity index (χ3n) is 2.08. The normalized spacial score (nSPS) is 13.4. The number of rotatable bonds is 8. The smallest absolute Gasteiger partial charge is 0.308 e. The topological polar surface area (TPSA) is 26.3 Å². The van der Waals surface area contributed by atoms with Crippen LogP contribution in [-0.2, 0) is 9.53 Å². The zero-order valence-corrected chi connectivity index (χ0v) is 9.86. The average Bonchev–Trinajstić information content (AvgIpc) is 2.23. The lowest BCUT2D eigenvalue weighted by molar-refractivity contribution is -0.371. The molecule has 0 saturated carbocycles. The molecule has 0 spiro atoms. The maximum Gasteiger partial charge on any atom is 0.425 e. The monoisotopic (exact) mass is 280 g/mol. The van der Waals surface area contributed by atoms with Gasteiger partial charge in [-0.2, -0.15) is 17.6 Å². The second-order valence-electron chi connectivity index (χ2n) is 4.20. The fourth-order valence-corrected chi connectivity index (χ4v) is 0.916. The summed E-state index contributed by atoms with van der Waals surface area (Å²) in [6, 6.07) is 0. The number of halogens is 6. The van der Waals surface area contributed by atoms with E-state index in [-0.39, 0.29) is 12.3 Å². The van der Waals surface area contributed by atoms with Gasteiger partial charge < -0.3 is 4.74 Å². The number of hydrogen-bond donors (Lipinski definition) is 0. The molecule has 0 bridgehead atoms. The van der Waals surface area contributed by atoms with Crippen molar-refractivity contribution in [3.63, 3.8) is 0 Å². The van der Waals surface area contributed by atoms with Crippen LogP contribution in [0.3, 0.4) is 0 Å². The minimum absolute atomic E-state index is 0.122. The molecule has 0 radical (unpaired) electrons. The number of carbonyl (C=O) groups excluding carboxylic acids is 1. The lowest BCUT2D eigenvalue weighted by Gasteiger charge is -2.24. The Morgan fingerprint density at radius 2 is 1.67 bits per heavy atom. The second kappa shape index (κ2) is 6.40. The van der Waals surface area contributed by atoms with Crippen LogP contribution in [0.2, 0.25) is 0 Å². The Kier molecular flexibility index (Phi) is 6.12. The molecule has 0 aromatic heterocycles. The third-order valence-corrected chi connectivity index (χ3v) is 2.08. The van der Waals surface area contributed by atoms with Crippen LogP contribution in [0.4, 0.5) is 26.3 Å². The largest absolute Gasteiger partial charge is 0.425 e. The van der Waals surface area contributed by atoms with E-state index in [1.54, 1.807) is 13.8 Å². The number of Topliss-reactive ketones (excluding diaryl/α,β-unsaturated/α-hetero) is 1. The van der Waals surface area contributed by atoms with Crippen LogP contribution in [0, 0.1) is 5.92 Å². The quantitative estimate of drug-likeness (QED) is 0.636. The fourth-order valence-electron chi connectivity index (χ4n) is 0.916. The Bertz CT molecular complexity index is 278. The molecule has 0 saturated heterocycles. The molecule has 0 fully saturated rings. The summed E-state index contributed by atoms with van der Waals surface area (Å²) < 4.78 is 76.6. The van der Waals surface area contributed by atoms with Crippen LogP contribution in [0.25, 0.3) is 0 Å². The second-order valence-corrected chi connectivity index (χ2v) is 4.20. The summed E-state index contributed by atoms with van der Waals surface area (Å²) in [5.41, 5.74) is 0. The number of hydrogen-bond acceptors (Lipinski definition) is 2. The molecule has 0 aromatic rings. The van der Waals surface area contributed by atoms with Crippen molar-refractivity contribution in [1.29, 1.82) is 0 Å². The lowest BCUT2D eigenvalue weighted by Crippen LogP contribution is -2.48. The first kappa shape index (κ1) is 17.2. The fraction of sp³-hybridized carbons (Fsp3) is 0.900. The van der Waals surface area contributed by atoms with Crippen molar-refractivity contribution in [2.45, 2.75) is 45.1 Å². The highest BCUT2D eigenvalue weighted by Gasteiger charge is 2.64. The van der Waals surface area contributed by atoms with Crippen LogP contribution in [0.1, 0.15) is 26.7 Å². The van der Waals surface area contributed by atoms with Crippen LogP contribution in [0.5, 0.6) is 0 Å². The molecule has 0 aliphatic heterocycles. The maximum absolute atomic E-state index is 12.6. The highest BCUT2D eigenvalue weighted by atomic mass is 19.3. The standard InChI is InChI=1S/C10H14F6O2/c1-6(2)3-4-7(17)5-18-10(15,16)9(13,14)8(11)12/h6,8H,3-5H2,1-2H3. The first-order valence-corrected chi connectivity index (χ1v) is 5.20. The third kappa shape index (κ3) is 4.83. The molecule has 0 unspecified atom stereocenters. The molecule has 18 heavy (non-hydrogen) atoms. The summed E-state index contributed by atoms with van der Waals surface area (Å²) in [6.07, 6.45) is -9.69. The molecule has 0 heterocycles. The zero-order valence-electron chi connectivity index (χ0n) is 9.86. The van der Waals surface area contributed by atoms with Crippen molar-refractivity contribution in [2.75, 3.05) is 6.61 Å². The van der Waals surface area contributed by atoms with Crippen LogP contribution in [0.15, 0.2) is 0 Å². The minimum Gasteiger partial charge on any atom is -0.308 e. The van der Waals surface area contributed by atoms with Crippen LogP contribution >= 0.6 is 0 Å². The van der Waals surface area contributed by atoms with E-state index in [0.29, 0.717) is 6.42 Å². The van der Waals surface area contributed by atoms with Gasteiger partial charge in [-0.15, -0.1) is 0 Å². The summed E-state index contributed by atoms with van der Waals surface area (Å²) in [5.74, 6) is -6.34. The molecule has 2 nitrogen and oxygen atoms in total. The van der Waals surface area contributed by atoms with Crippen molar-refractivity contribution >= 4 is 5.78 Å². The maximum atomic E-state index is 12.6. The van der Waals surface area contributed by atoms with Gasteiger partial charge in [0.05, 0.1) is 0 Å². The van der Waals surface area contributed by atoms with Gasteiger partial charge in [0.25, 0.3) is 0 Å². The lowest BCUT2D eigenvalue weighted by atomic mass is 10.1. The first-order chi connectivity index (χ1) is 8.00. The summed E-state index contributed by atoms with van der Waals surface area (Å²) in [7, 11) is 0. The van der Waals surface area contributed by atoms with Crippen molar-refractivity contribution in [3.05, 3.63) is 0 Å². The summed E-state index contributed by atoms with van der Waals surface area (Å²) >= 11 is 0. The summed E-state index contributed by atoms with van der Waals surface area (Å²) in [6.45, 7) is 2.23. The molecule has 0 aromatic carbocycles. The minimum atomic E-state index is -5.62. The predicted molar refractivity (Wildman–Crippen MR) is 50.9 cm³/mol. The van der Waals surface area contributed by atoms with Gasteiger partial charge in [0.1, 0.15) is 6.61 Å². The highest BCUT2D eigenvalue weighted by Crippen LogP contribution is 2.39. The van der Waals surface area contributed by atoms with E-state index in [1.807, 2.05) is 0 Å². The van der Waals surface area contributed by atoms with Crippen molar-refractivity contribution in [1.82, 2.24) is 0 Å². The number of alkyl halides is 6. The predicted octanol–water partition coefficient (Wildman–Crippen LogP) is 3.50. The van der Waals surface area contributed by atoms with Gasteiger partial charge in [0, 0.05) is 6.42 Å². The molecule has 8 heteroatoms. The highest BCUT2D eigenvalue weighted by molar-refractivity contribution is 5.79. The van der Waals surface area contributed by atoms with E-state index in [2.05, 4.69) is 4.74 Å². The van der Waals surface area contributed by atoms with Crippen molar-refractivity contribution in [3.8, 4) is 0 Å². The van der Waals surface area contributed by atoms with Gasteiger partial charge in [-0.05, 0) is 12.3 Å². The van der Waals surface area contributed by atoms with Crippen LogP contribution in [-0.4, -0.2) is 30.8 Å². The van der Waals surface area contributed by atoms with E-state index < -0.39 is 30.8 Å². The Labute approximate surface area is 100 Å². The van der Waals surface area contributed by atoms with Gasteiger partial charge >= 0.3 is 18.5 Å². The van der Waals surface area contributed by atoms with Gasteiger partial charge in [0.15, 0.2) is 5.78 Å². The molecular formula is C10H14F6O2. The first-order valence-electron chi connectivity index (χ1n) is 5.20. The number of ketones is 1. The van der Waals surface area contributed by atoms with E-state index in [4.69, 9.17) is 0 Å². The molecule has 0 rings (SSSR count). The average molecular weight is 280 g/mol. The zero-order chi connectivity index (χ0) is 14.6. The van der Waals surface area contributed by atoms with E-state index in [0.717, 1.165) is 0 Å². The number of ether oxygens (including phenoxy) is 1. The van der Waals surface area contributed by atoms with Gasteiger partial charge in [-0.1, -0.05) is 13.8 Å². The SMILES string of the molecule is CC(C)CCC(=O)COC(F)(F)C(F)(F)C(F)F. The van der Waals surface area contributed by atoms with Crippen molar-refractivity contribution in [2.24, 2.45) is 5.92 Å². The molecule has 108 valence electrons. The Balaban J connectivity index is 4.31. The number of carbonyl (C=O) groups is 1. The van der Waals surface area contributed by atoms with Crippen LogP contribution < -0.4 is 0 Å². The van der Waals surface area contributed by atoms with Crippen molar-refractivity contribution < 1.29 is 35.9 Å². The molecule has 0 aliphatic rings. The molecule has 0 aliphatic carbocycles. The Morgan fingerprint density at radius 3 is 2.06 bits per heavy atom. The Morgan fingerprint density at radius 1 is 1.17 bits per heavy atom. The van der Waals surface area contributed by atoms with E-state index in [1.165, 1.54) is 0 Å².